The van der Waals surface area contributed by atoms with Gasteiger partial charge in [0.15, 0.2) is 0 Å². The first kappa shape index (κ1) is 18.3. The molecule has 1 aliphatic rings. The Morgan fingerprint density at radius 3 is 1.96 bits per heavy atom. The number of hydrogen-bond acceptors (Lipinski definition) is 4. The topological polar surface area (TPSA) is 86.8 Å². The molecule has 1 N–H and O–H groups in total. The van der Waals surface area contributed by atoms with Gasteiger partial charge in [0, 0.05) is 25.3 Å². The van der Waals surface area contributed by atoms with Crippen LogP contribution in [0.15, 0.2) is 48.5 Å². The molecular weight excluding hydrogens is 346 g/mol. The van der Waals surface area contributed by atoms with Crippen molar-refractivity contribution in [3.63, 3.8) is 0 Å². The van der Waals surface area contributed by atoms with Crippen LogP contribution in [0.25, 0.3) is 0 Å². The van der Waals surface area contributed by atoms with Gasteiger partial charge < -0.3 is 10.2 Å². The Bertz CT molecular complexity index is 901. The Balaban J connectivity index is 1.73. The molecule has 1 unspecified atom stereocenters. The van der Waals surface area contributed by atoms with Crippen LogP contribution in [0.4, 0.5) is 11.4 Å². The zero-order chi connectivity index (χ0) is 19.7. The van der Waals surface area contributed by atoms with E-state index in [2.05, 4.69) is 5.32 Å². The molecular formula is C20H19N3O4. The normalized spacial score (nSPS) is 14.0. The zero-order valence-corrected chi connectivity index (χ0v) is 15.2. The van der Waals surface area contributed by atoms with Gasteiger partial charge in [-0.1, -0.05) is 12.1 Å². The van der Waals surface area contributed by atoms with Crippen LogP contribution in [0.2, 0.25) is 0 Å². The molecule has 0 aromatic heterocycles. The maximum absolute atomic E-state index is 12.5. The first-order valence-electron chi connectivity index (χ1n) is 8.43. The summed E-state index contributed by atoms with van der Waals surface area (Å²) in [5, 5.41) is 2.69. The maximum Gasteiger partial charge on any atom is 0.262 e. The quantitative estimate of drug-likeness (QED) is 0.842. The van der Waals surface area contributed by atoms with Crippen LogP contribution in [0, 0.1) is 0 Å². The number of carbonyl (C=O) groups is 4. The largest absolute Gasteiger partial charge is 0.324 e. The second kappa shape index (κ2) is 7.03. The van der Waals surface area contributed by atoms with Crippen LogP contribution < -0.4 is 10.2 Å². The van der Waals surface area contributed by atoms with E-state index >= 15 is 0 Å². The predicted molar refractivity (Wildman–Crippen MR) is 101 cm³/mol. The van der Waals surface area contributed by atoms with Gasteiger partial charge in [-0.05, 0) is 43.3 Å². The maximum atomic E-state index is 12.5. The summed E-state index contributed by atoms with van der Waals surface area (Å²) < 4.78 is 0. The van der Waals surface area contributed by atoms with E-state index in [1.54, 1.807) is 55.6 Å². The highest BCUT2D eigenvalue weighted by atomic mass is 16.2. The van der Waals surface area contributed by atoms with Crippen molar-refractivity contribution in [2.75, 3.05) is 17.3 Å². The predicted octanol–water partition coefficient (Wildman–Crippen LogP) is 2.29. The molecule has 27 heavy (non-hydrogen) atoms. The van der Waals surface area contributed by atoms with Crippen molar-refractivity contribution in [1.82, 2.24) is 4.90 Å². The molecule has 7 nitrogen and oxygen atoms in total. The molecule has 0 saturated heterocycles. The van der Waals surface area contributed by atoms with Crippen molar-refractivity contribution in [2.24, 2.45) is 0 Å². The Kier molecular flexibility index (Phi) is 4.77. The van der Waals surface area contributed by atoms with Crippen LogP contribution >= 0.6 is 0 Å². The molecule has 2 aromatic rings. The molecule has 0 radical (unpaired) electrons. The van der Waals surface area contributed by atoms with Gasteiger partial charge in [-0.25, -0.2) is 0 Å². The van der Waals surface area contributed by atoms with Crippen molar-refractivity contribution in [1.29, 1.82) is 0 Å². The zero-order valence-electron chi connectivity index (χ0n) is 15.2. The number of hydrogen-bond donors (Lipinski definition) is 1. The summed E-state index contributed by atoms with van der Waals surface area (Å²) in [5.41, 5.74) is 1.80. The summed E-state index contributed by atoms with van der Waals surface area (Å²) in [6.45, 7) is 2.97. The van der Waals surface area contributed by atoms with Crippen molar-refractivity contribution in [3.8, 4) is 0 Å². The Morgan fingerprint density at radius 2 is 1.48 bits per heavy atom. The first-order chi connectivity index (χ1) is 12.8. The molecule has 4 amide bonds. The number of nitrogens with one attached hydrogen (secondary N) is 1. The van der Waals surface area contributed by atoms with E-state index in [9.17, 15) is 19.2 Å². The van der Waals surface area contributed by atoms with Gasteiger partial charge in [-0.3, -0.25) is 24.1 Å². The fourth-order valence-electron chi connectivity index (χ4n) is 2.87. The highest BCUT2D eigenvalue weighted by molar-refractivity contribution is 6.23. The molecule has 1 atom stereocenters. The lowest BCUT2D eigenvalue weighted by atomic mass is 10.1. The number of amides is 4. The van der Waals surface area contributed by atoms with Gasteiger partial charge in [-0.2, -0.15) is 0 Å². The van der Waals surface area contributed by atoms with Crippen LogP contribution in [-0.2, 0) is 9.59 Å². The smallest absolute Gasteiger partial charge is 0.262 e. The lowest BCUT2D eigenvalue weighted by Gasteiger charge is -2.22. The second-order valence-electron chi connectivity index (χ2n) is 6.32. The van der Waals surface area contributed by atoms with E-state index in [0.717, 1.165) is 4.90 Å². The SMILES string of the molecule is CC(=O)N(C)c1ccc(NC(=O)C(C)N2C(=O)c3ccccc3C2=O)cc1. The second-order valence-corrected chi connectivity index (χ2v) is 6.32. The molecule has 138 valence electrons. The van der Waals surface area contributed by atoms with Crippen LogP contribution in [0.3, 0.4) is 0 Å². The van der Waals surface area contributed by atoms with Crippen LogP contribution in [0.1, 0.15) is 34.6 Å². The molecule has 0 saturated carbocycles. The van der Waals surface area contributed by atoms with Crippen LogP contribution in [-0.4, -0.2) is 41.6 Å². The third-order valence-corrected chi connectivity index (χ3v) is 4.59. The van der Waals surface area contributed by atoms with E-state index in [-0.39, 0.29) is 5.91 Å². The van der Waals surface area contributed by atoms with E-state index in [4.69, 9.17) is 0 Å². The highest BCUT2D eigenvalue weighted by Gasteiger charge is 2.40. The number of rotatable bonds is 4. The number of anilines is 2. The minimum atomic E-state index is -0.961. The lowest BCUT2D eigenvalue weighted by molar-refractivity contribution is -0.119. The summed E-state index contributed by atoms with van der Waals surface area (Å²) in [5.74, 6) is -1.53. The third kappa shape index (κ3) is 3.31. The summed E-state index contributed by atoms with van der Waals surface area (Å²) in [6, 6.07) is 12.2. The number of carbonyl (C=O) groups excluding carboxylic acids is 4. The molecule has 0 bridgehead atoms. The van der Waals surface area contributed by atoms with Crippen LogP contribution in [0.5, 0.6) is 0 Å². The number of imide groups is 1. The Labute approximate surface area is 156 Å². The van der Waals surface area contributed by atoms with E-state index < -0.39 is 23.8 Å². The Morgan fingerprint density at radius 1 is 0.963 bits per heavy atom. The van der Waals surface area contributed by atoms with Gasteiger partial charge in [0.1, 0.15) is 6.04 Å². The minimum absolute atomic E-state index is 0.106. The molecule has 0 aliphatic carbocycles. The summed E-state index contributed by atoms with van der Waals surface area (Å²) in [6.07, 6.45) is 0. The average molecular weight is 365 g/mol. The summed E-state index contributed by atoms with van der Waals surface area (Å²) in [7, 11) is 1.65. The standard InChI is InChI=1S/C20H19N3O4/c1-12(23-19(26)16-6-4-5-7-17(16)20(23)27)18(25)21-14-8-10-15(11-9-14)22(3)13(2)24/h4-12H,1-3H3,(H,21,25). The summed E-state index contributed by atoms with van der Waals surface area (Å²) in [4.78, 5) is 51.3. The fourth-order valence-corrected chi connectivity index (χ4v) is 2.87. The van der Waals surface area contributed by atoms with Crippen molar-refractivity contribution < 1.29 is 19.2 Å². The minimum Gasteiger partial charge on any atom is -0.324 e. The fraction of sp³-hybridized carbons (Fsp3) is 0.200. The molecule has 0 fully saturated rings. The molecule has 1 heterocycles. The van der Waals surface area contributed by atoms with Crippen molar-refractivity contribution >= 4 is 35.0 Å². The van der Waals surface area contributed by atoms with E-state index in [1.807, 2.05) is 0 Å². The highest BCUT2D eigenvalue weighted by Crippen LogP contribution is 2.25. The van der Waals surface area contributed by atoms with E-state index in [1.165, 1.54) is 18.7 Å². The lowest BCUT2D eigenvalue weighted by Crippen LogP contribution is -2.45. The monoisotopic (exact) mass is 365 g/mol. The number of nitrogens with zero attached hydrogens (tertiary/aromatic N) is 2. The molecule has 2 aromatic carbocycles. The van der Waals surface area contributed by atoms with E-state index in [0.29, 0.717) is 22.5 Å². The van der Waals surface area contributed by atoms with Crippen molar-refractivity contribution in [3.05, 3.63) is 59.7 Å². The third-order valence-electron chi connectivity index (χ3n) is 4.59. The Hall–Kier alpha value is -3.48. The van der Waals surface area contributed by atoms with Gasteiger partial charge >= 0.3 is 0 Å². The van der Waals surface area contributed by atoms with Crippen molar-refractivity contribution in [2.45, 2.75) is 19.9 Å². The van der Waals surface area contributed by atoms with Gasteiger partial charge in [-0.15, -0.1) is 0 Å². The van der Waals surface area contributed by atoms with Gasteiger partial charge in [0.2, 0.25) is 11.8 Å². The number of fused-ring (bicyclic) bond motifs is 1. The number of benzene rings is 2. The average Bonchev–Trinajstić information content (AvgIpc) is 2.92. The molecule has 3 rings (SSSR count). The molecule has 0 spiro atoms. The first-order valence-corrected chi connectivity index (χ1v) is 8.43. The van der Waals surface area contributed by atoms with Gasteiger partial charge in [0.05, 0.1) is 11.1 Å². The molecule has 7 heteroatoms. The summed E-state index contributed by atoms with van der Waals surface area (Å²) >= 11 is 0. The molecule has 1 aliphatic heterocycles. The van der Waals surface area contributed by atoms with Gasteiger partial charge in [0.25, 0.3) is 11.8 Å².